The van der Waals surface area contributed by atoms with Crippen molar-refractivity contribution in [2.75, 3.05) is 0 Å². The molecule has 286 valence electrons. The molecule has 1 unspecified atom stereocenters. The lowest BCUT2D eigenvalue weighted by atomic mass is 9.58. The van der Waals surface area contributed by atoms with Crippen molar-refractivity contribution in [2.45, 2.75) is 51.9 Å². The lowest BCUT2D eigenvalue weighted by Crippen LogP contribution is -2.40. The van der Waals surface area contributed by atoms with Gasteiger partial charge in [-0.15, -0.1) is 0 Å². The summed E-state index contributed by atoms with van der Waals surface area (Å²) in [5.74, 6) is 2.40. The molecule has 5 heteroatoms. The Morgan fingerprint density at radius 2 is 0.949 bits per heavy atom. The van der Waals surface area contributed by atoms with Gasteiger partial charge in [-0.3, -0.25) is 4.57 Å². The summed E-state index contributed by atoms with van der Waals surface area (Å²) in [5, 5.41) is 4.78. The second-order valence-corrected chi connectivity index (χ2v) is 17.6. The molecule has 0 radical (unpaired) electrons. The van der Waals surface area contributed by atoms with Gasteiger partial charge < -0.3 is 4.57 Å². The van der Waals surface area contributed by atoms with Gasteiger partial charge in [0, 0.05) is 38.4 Å². The summed E-state index contributed by atoms with van der Waals surface area (Å²) in [7, 11) is 0. The Morgan fingerprint density at radius 1 is 0.441 bits per heavy atom. The number of rotatable bonds is 5. The highest BCUT2D eigenvalue weighted by molar-refractivity contribution is 6.19. The normalized spacial score (nSPS) is 15.9. The minimum absolute atomic E-state index is 0.0496. The van der Waals surface area contributed by atoms with Crippen LogP contribution in [0.25, 0.3) is 89.2 Å². The predicted molar refractivity (Wildman–Crippen MR) is 245 cm³/mol. The van der Waals surface area contributed by atoms with E-state index in [0.29, 0.717) is 23.5 Å². The number of aromatic nitrogens is 5. The molecule has 11 rings (SSSR count). The first-order valence-electron chi connectivity index (χ1n) is 20.8. The van der Waals surface area contributed by atoms with Gasteiger partial charge >= 0.3 is 0 Å². The molecule has 0 spiro atoms. The fourth-order valence-corrected chi connectivity index (χ4v) is 9.87. The molecular formula is C54H45N5. The van der Waals surface area contributed by atoms with E-state index < -0.39 is 0 Å². The largest absolute Gasteiger partial charge is 0.309 e. The summed E-state index contributed by atoms with van der Waals surface area (Å²) in [5.41, 5.74) is 12.9. The van der Waals surface area contributed by atoms with E-state index in [1.165, 1.54) is 45.1 Å². The molecular weight excluding hydrogens is 719 g/mol. The molecule has 0 saturated heterocycles. The van der Waals surface area contributed by atoms with E-state index in [0.717, 1.165) is 44.0 Å². The van der Waals surface area contributed by atoms with Gasteiger partial charge in [0.1, 0.15) is 0 Å². The highest BCUT2D eigenvalue weighted by Crippen LogP contribution is 2.50. The molecule has 0 aliphatic heterocycles. The lowest BCUT2D eigenvalue weighted by Gasteiger charge is -2.46. The first-order chi connectivity index (χ1) is 28.7. The van der Waals surface area contributed by atoms with Crippen LogP contribution in [0.5, 0.6) is 0 Å². The van der Waals surface area contributed by atoms with Gasteiger partial charge in [-0.05, 0) is 81.8 Å². The van der Waals surface area contributed by atoms with Crippen molar-refractivity contribution in [2.24, 2.45) is 5.92 Å². The van der Waals surface area contributed by atoms with Gasteiger partial charge in [-0.25, -0.2) is 4.98 Å². The van der Waals surface area contributed by atoms with Crippen LogP contribution in [-0.2, 0) is 10.8 Å². The number of nitrogens with zero attached hydrogens (tertiary/aromatic N) is 5. The van der Waals surface area contributed by atoms with Crippen LogP contribution in [0.4, 0.5) is 0 Å². The lowest BCUT2D eigenvalue weighted by molar-refractivity contribution is 0.233. The molecule has 1 aliphatic rings. The molecule has 5 nitrogen and oxygen atoms in total. The summed E-state index contributed by atoms with van der Waals surface area (Å²) in [6, 6.07) is 58.6. The van der Waals surface area contributed by atoms with Crippen molar-refractivity contribution < 1.29 is 0 Å². The molecule has 3 heterocycles. The fraction of sp³-hybridized carbons (Fsp3) is 0.167. The van der Waals surface area contributed by atoms with Crippen molar-refractivity contribution >= 4 is 43.6 Å². The number of hydrogen-bond acceptors (Lipinski definition) is 3. The minimum atomic E-state index is 0.0496. The van der Waals surface area contributed by atoms with Gasteiger partial charge in [-0.1, -0.05) is 162 Å². The molecule has 0 amide bonds. The van der Waals surface area contributed by atoms with Crippen LogP contribution in [0.1, 0.15) is 52.2 Å². The highest BCUT2D eigenvalue weighted by atomic mass is 15.2. The van der Waals surface area contributed by atoms with Crippen molar-refractivity contribution in [1.29, 1.82) is 0 Å². The third-order valence-corrected chi connectivity index (χ3v) is 13.3. The first-order valence-corrected chi connectivity index (χ1v) is 20.8. The van der Waals surface area contributed by atoms with Gasteiger partial charge in [0.25, 0.3) is 0 Å². The number of benzene rings is 7. The van der Waals surface area contributed by atoms with E-state index >= 15 is 0 Å². The van der Waals surface area contributed by atoms with Crippen LogP contribution in [0.3, 0.4) is 0 Å². The van der Waals surface area contributed by atoms with Gasteiger partial charge in [0.05, 0.1) is 22.1 Å². The Morgan fingerprint density at radius 3 is 1.59 bits per heavy atom. The van der Waals surface area contributed by atoms with Crippen LogP contribution < -0.4 is 0 Å². The Kier molecular flexibility index (Phi) is 7.83. The molecule has 0 N–H and O–H groups in total. The molecule has 0 saturated carbocycles. The maximum atomic E-state index is 5.30. The molecule has 0 fully saturated rings. The standard InChI is InChI=1S/C54H45N5/c1-34-33-53(2,3)44-29-28-39(30-45(44)54(34,4)5)58-46-22-14-12-20-40(46)42-31-43-41-21-13-15-23-47(41)59(49(43)32-48(42)58)52-56-50(37-18-10-7-11-19-37)55-51(57-52)38-26-24-36(25-27-38)35-16-8-6-9-17-35/h6-32,34H,33H2,1-5H3. The third kappa shape index (κ3) is 5.55. The van der Waals surface area contributed by atoms with Crippen molar-refractivity contribution in [3.63, 3.8) is 0 Å². The maximum Gasteiger partial charge on any atom is 0.238 e. The summed E-state index contributed by atoms with van der Waals surface area (Å²) in [4.78, 5) is 15.7. The van der Waals surface area contributed by atoms with Crippen LogP contribution in [-0.4, -0.2) is 24.1 Å². The molecule has 1 aliphatic carbocycles. The zero-order valence-corrected chi connectivity index (χ0v) is 34.1. The predicted octanol–water partition coefficient (Wildman–Crippen LogP) is 13.7. The van der Waals surface area contributed by atoms with E-state index in [1.54, 1.807) is 0 Å². The van der Waals surface area contributed by atoms with Crippen LogP contribution in [0.15, 0.2) is 164 Å². The smallest absolute Gasteiger partial charge is 0.238 e. The van der Waals surface area contributed by atoms with Gasteiger partial charge in [0.2, 0.25) is 5.95 Å². The van der Waals surface area contributed by atoms with Crippen LogP contribution >= 0.6 is 0 Å². The second-order valence-electron chi connectivity index (χ2n) is 17.6. The van der Waals surface area contributed by atoms with E-state index in [2.05, 4.69) is 183 Å². The first kappa shape index (κ1) is 35.3. The second kappa shape index (κ2) is 13.1. The summed E-state index contributed by atoms with van der Waals surface area (Å²) >= 11 is 0. The van der Waals surface area contributed by atoms with Crippen LogP contribution in [0, 0.1) is 5.92 Å². The van der Waals surface area contributed by atoms with Crippen molar-refractivity contribution in [3.05, 3.63) is 175 Å². The Labute approximate surface area is 344 Å². The highest BCUT2D eigenvalue weighted by Gasteiger charge is 2.42. The number of para-hydroxylation sites is 2. The van der Waals surface area contributed by atoms with E-state index in [-0.39, 0.29) is 10.8 Å². The van der Waals surface area contributed by atoms with Gasteiger partial charge in [-0.2, -0.15) is 9.97 Å². The summed E-state index contributed by atoms with van der Waals surface area (Å²) < 4.78 is 4.71. The molecule has 59 heavy (non-hydrogen) atoms. The average Bonchev–Trinajstić information content (AvgIpc) is 3.77. The zero-order valence-electron chi connectivity index (χ0n) is 34.1. The van der Waals surface area contributed by atoms with E-state index in [4.69, 9.17) is 15.0 Å². The van der Waals surface area contributed by atoms with Crippen molar-refractivity contribution in [3.8, 4) is 45.5 Å². The Bertz CT molecular complexity index is 3240. The molecule has 7 aromatic carbocycles. The molecule has 0 bridgehead atoms. The van der Waals surface area contributed by atoms with E-state index in [9.17, 15) is 0 Å². The number of fused-ring (bicyclic) bond motifs is 7. The SMILES string of the molecule is CC1CC(C)(C)c2ccc(-n3c4ccccc4c4cc5c6ccccc6n(-c6nc(-c7ccccc7)nc(-c7ccc(-c8ccccc8)cc7)n6)c5cc43)cc2C1(C)C. The average molecular weight is 764 g/mol. The molecule has 10 aromatic rings. The summed E-state index contributed by atoms with van der Waals surface area (Å²) in [6.07, 6.45) is 1.17. The summed E-state index contributed by atoms with van der Waals surface area (Å²) in [6.45, 7) is 12.1. The Hall–Kier alpha value is -6.85. The zero-order chi connectivity index (χ0) is 40.0. The van der Waals surface area contributed by atoms with Gasteiger partial charge in [0.15, 0.2) is 11.6 Å². The fourth-order valence-electron chi connectivity index (χ4n) is 9.87. The number of hydrogen-bond donors (Lipinski definition) is 0. The molecule has 3 aromatic heterocycles. The van der Waals surface area contributed by atoms with Crippen molar-refractivity contribution in [1.82, 2.24) is 24.1 Å². The Balaban J connectivity index is 1.17. The van der Waals surface area contributed by atoms with E-state index in [1.807, 2.05) is 24.3 Å². The maximum absolute atomic E-state index is 5.30. The third-order valence-electron chi connectivity index (χ3n) is 13.3. The quantitative estimate of drug-likeness (QED) is 0.175. The monoisotopic (exact) mass is 763 g/mol. The molecule has 1 atom stereocenters. The van der Waals surface area contributed by atoms with Crippen LogP contribution in [0.2, 0.25) is 0 Å². The topological polar surface area (TPSA) is 48.5 Å². The minimum Gasteiger partial charge on any atom is -0.309 e.